The Morgan fingerprint density at radius 2 is 1.62 bits per heavy atom. The number of ether oxygens (including phenoxy) is 1. The Kier molecular flexibility index (Phi) is 9.18. The second kappa shape index (κ2) is 10.6. The van der Waals surface area contributed by atoms with Crippen LogP contribution in [0.15, 0.2) is 12.4 Å². The Hall–Kier alpha value is -1.24. The second-order valence-corrected chi connectivity index (χ2v) is 5.20. The van der Waals surface area contributed by atoms with Gasteiger partial charge in [-0.1, -0.05) is 0 Å². The number of hydrogen-bond donors (Lipinski definition) is 7. The molecule has 1 aromatic rings. The minimum atomic E-state index is -1.62. The summed E-state index contributed by atoms with van der Waals surface area (Å²) >= 11 is 0. The van der Waals surface area contributed by atoms with Crippen LogP contribution in [0.1, 0.15) is 17.5 Å². The molecule has 0 unspecified atom stereocenters. The number of aliphatic hydroxyl groups excluding tert-OH is 7. The van der Waals surface area contributed by atoms with Gasteiger partial charge in [0.05, 0.1) is 50.1 Å². The van der Waals surface area contributed by atoms with Gasteiger partial charge in [0.15, 0.2) is 0 Å². The Morgan fingerprint density at radius 1 is 0.917 bits per heavy atom. The number of aromatic nitrogens is 2. The predicted octanol–water partition coefficient (Wildman–Crippen LogP) is -3.50. The van der Waals surface area contributed by atoms with Crippen molar-refractivity contribution in [3.8, 4) is 0 Å². The average molecular weight is 348 g/mol. The van der Waals surface area contributed by atoms with Gasteiger partial charge in [-0.3, -0.25) is 9.97 Å². The van der Waals surface area contributed by atoms with E-state index in [0.29, 0.717) is 5.69 Å². The molecule has 5 atom stereocenters. The maximum absolute atomic E-state index is 9.98. The smallest absolute Gasteiger partial charge is 0.126 e. The van der Waals surface area contributed by atoms with Crippen LogP contribution in [0.3, 0.4) is 0 Å². The summed E-state index contributed by atoms with van der Waals surface area (Å²) in [6, 6.07) is 0. The topological polar surface area (TPSA) is 177 Å². The van der Waals surface area contributed by atoms with E-state index in [1.54, 1.807) is 0 Å². The van der Waals surface area contributed by atoms with E-state index < -0.39 is 43.7 Å². The standard InChI is InChI=1S/C14H24N2O8/c17-1-2-24-12(7-19)10(20)3-8-4-16-9(5-15-8)13(22)14(23)11(21)6-18/h4-5,10-14,17-23H,1-3,6-7H2/t10-,11+,12-,13+,14+/m0/s1. The van der Waals surface area contributed by atoms with E-state index in [4.69, 9.17) is 20.1 Å². The molecule has 0 aromatic carbocycles. The van der Waals surface area contributed by atoms with Gasteiger partial charge in [-0.05, 0) is 0 Å². The van der Waals surface area contributed by atoms with Crippen molar-refractivity contribution in [2.24, 2.45) is 0 Å². The zero-order valence-electron chi connectivity index (χ0n) is 13.0. The van der Waals surface area contributed by atoms with Crippen LogP contribution in [-0.2, 0) is 11.2 Å². The molecule has 0 fully saturated rings. The van der Waals surface area contributed by atoms with Crippen LogP contribution in [0.5, 0.6) is 0 Å². The van der Waals surface area contributed by atoms with Crippen LogP contribution in [0.2, 0.25) is 0 Å². The Bertz CT molecular complexity index is 461. The fourth-order valence-corrected chi connectivity index (χ4v) is 1.95. The van der Waals surface area contributed by atoms with Gasteiger partial charge in [-0.25, -0.2) is 0 Å². The predicted molar refractivity (Wildman–Crippen MR) is 79.7 cm³/mol. The summed E-state index contributed by atoms with van der Waals surface area (Å²) in [6.07, 6.45) is -4.18. The first-order valence-corrected chi connectivity index (χ1v) is 7.41. The van der Waals surface area contributed by atoms with Crippen molar-refractivity contribution in [1.82, 2.24) is 9.97 Å². The molecule has 0 saturated carbocycles. The molecule has 0 saturated heterocycles. The van der Waals surface area contributed by atoms with Crippen molar-refractivity contribution in [2.45, 2.75) is 36.9 Å². The molecule has 0 aliphatic heterocycles. The van der Waals surface area contributed by atoms with E-state index >= 15 is 0 Å². The van der Waals surface area contributed by atoms with Crippen LogP contribution in [-0.4, -0.2) is 96.6 Å². The van der Waals surface area contributed by atoms with Crippen molar-refractivity contribution in [3.05, 3.63) is 23.8 Å². The molecule has 10 heteroatoms. The minimum absolute atomic E-state index is 0.0107. The number of aliphatic hydroxyl groups is 7. The van der Waals surface area contributed by atoms with Crippen molar-refractivity contribution >= 4 is 0 Å². The van der Waals surface area contributed by atoms with Crippen LogP contribution in [0.25, 0.3) is 0 Å². The first-order chi connectivity index (χ1) is 11.4. The zero-order valence-corrected chi connectivity index (χ0v) is 13.0. The van der Waals surface area contributed by atoms with Gasteiger partial charge in [0, 0.05) is 12.6 Å². The highest BCUT2D eigenvalue weighted by Crippen LogP contribution is 2.17. The van der Waals surface area contributed by atoms with Crippen LogP contribution in [0, 0.1) is 0 Å². The monoisotopic (exact) mass is 348 g/mol. The van der Waals surface area contributed by atoms with Gasteiger partial charge in [0.25, 0.3) is 0 Å². The maximum Gasteiger partial charge on any atom is 0.126 e. The van der Waals surface area contributed by atoms with E-state index in [0.717, 1.165) is 0 Å². The maximum atomic E-state index is 9.98. The summed E-state index contributed by atoms with van der Waals surface area (Å²) in [7, 11) is 0. The number of hydrogen-bond acceptors (Lipinski definition) is 10. The third-order valence-electron chi connectivity index (χ3n) is 3.38. The number of rotatable bonds is 11. The normalized spacial score (nSPS) is 18.0. The molecular formula is C14H24N2O8. The molecule has 0 spiro atoms. The lowest BCUT2D eigenvalue weighted by molar-refractivity contribution is -0.0791. The molecule has 1 rings (SSSR count). The van der Waals surface area contributed by atoms with Gasteiger partial charge >= 0.3 is 0 Å². The molecule has 0 radical (unpaired) electrons. The molecule has 0 amide bonds. The quantitative estimate of drug-likeness (QED) is 0.212. The SMILES string of the molecule is OCCO[C@@H](CO)[C@@H](O)Cc1cnc([C@@H](O)[C@H](O)[C@H](O)CO)cn1. The molecule has 24 heavy (non-hydrogen) atoms. The Labute approximate surface area is 138 Å². The van der Waals surface area contributed by atoms with Gasteiger partial charge in [0.1, 0.15) is 24.4 Å². The lowest BCUT2D eigenvalue weighted by atomic mass is 10.1. The lowest BCUT2D eigenvalue weighted by Gasteiger charge is -2.22. The van der Waals surface area contributed by atoms with Gasteiger partial charge < -0.3 is 40.5 Å². The van der Waals surface area contributed by atoms with Crippen molar-refractivity contribution < 1.29 is 40.5 Å². The second-order valence-electron chi connectivity index (χ2n) is 5.20. The molecule has 1 heterocycles. The zero-order chi connectivity index (χ0) is 18.1. The van der Waals surface area contributed by atoms with E-state index in [2.05, 4.69) is 9.97 Å². The van der Waals surface area contributed by atoms with E-state index in [1.807, 2.05) is 0 Å². The van der Waals surface area contributed by atoms with Crippen LogP contribution >= 0.6 is 0 Å². The third-order valence-corrected chi connectivity index (χ3v) is 3.38. The molecular weight excluding hydrogens is 324 g/mol. The molecule has 0 aliphatic rings. The summed E-state index contributed by atoms with van der Waals surface area (Å²) in [5, 5.41) is 65.3. The Morgan fingerprint density at radius 3 is 2.12 bits per heavy atom. The van der Waals surface area contributed by atoms with E-state index in [1.165, 1.54) is 12.4 Å². The summed E-state index contributed by atoms with van der Waals surface area (Å²) in [5.41, 5.74) is 0.338. The Balaban J connectivity index is 2.66. The summed E-state index contributed by atoms with van der Waals surface area (Å²) < 4.78 is 5.08. The molecule has 10 nitrogen and oxygen atoms in total. The molecule has 0 bridgehead atoms. The highest BCUT2D eigenvalue weighted by molar-refractivity contribution is 5.08. The molecule has 1 aromatic heterocycles. The first kappa shape index (κ1) is 20.8. The number of nitrogens with zero attached hydrogens (tertiary/aromatic N) is 2. The summed E-state index contributed by atoms with van der Waals surface area (Å²) in [4.78, 5) is 7.88. The van der Waals surface area contributed by atoms with Crippen molar-refractivity contribution in [3.63, 3.8) is 0 Å². The van der Waals surface area contributed by atoms with Gasteiger partial charge in [-0.15, -0.1) is 0 Å². The first-order valence-electron chi connectivity index (χ1n) is 7.41. The molecule has 138 valence electrons. The van der Waals surface area contributed by atoms with Crippen LogP contribution in [0.4, 0.5) is 0 Å². The fourth-order valence-electron chi connectivity index (χ4n) is 1.95. The highest BCUT2D eigenvalue weighted by Gasteiger charge is 2.27. The fraction of sp³-hybridized carbons (Fsp3) is 0.714. The third kappa shape index (κ3) is 6.00. The van der Waals surface area contributed by atoms with Crippen molar-refractivity contribution in [1.29, 1.82) is 0 Å². The molecule has 7 N–H and O–H groups in total. The van der Waals surface area contributed by atoms with Crippen LogP contribution < -0.4 is 0 Å². The largest absolute Gasteiger partial charge is 0.394 e. The summed E-state index contributed by atoms with van der Waals surface area (Å²) in [5.74, 6) is 0. The highest BCUT2D eigenvalue weighted by atomic mass is 16.5. The average Bonchev–Trinajstić information content (AvgIpc) is 2.61. The van der Waals surface area contributed by atoms with Gasteiger partial charge in [-0.2, -0.15) is 0 Å². The molecule has 0 aliphatic carbocycles. The van der Waals surface area contributed by atoms with E-state index in [9.17, 15) is 20.4 Å². The van der Waals surface area contributed by atoms with Gasteiger partial charge in [0.2, 0.25) is 0 Å². The van der Waals surface area contributed by atoms with E-state index in [-0.39, 0.29) is 25.3 Å². The summed E-state index contributed by atoms with van der Waals surface area (Å²) in [6.45, 7) is -1.41. The van der Waals surface area contributed by atoms with Crippen molar-refractivity contribution in [2.75, 3.05) is 26.4 Å². The minimum Gasteiger partial charge on any atom is -0.394 e. The lowest BCUT2D eigenvalue weighted by Crippen LogP contribution is -2.35.